The van der Waals surface area contributed by atoms with Gasteiger partial charge in [0.25, 0.3) is 0 Å². The number of thioether (sulfide) groups is 1. The third kappa shape index (κ3) is 10.4. The Labute approximate surface area is 178 Å². The van der Waals surface area contributed by atoms with Crippen molar-refractivity contribution in [2.24, 2.45) is 11.5 Å². The Balaban J connectivity index is 5.36. The smallest absolute Gasteiger partial charge is 0.325 e. The average Bonchev–Trinajstić information content (AvgIpc) is 2.66. The molecule has 0 aromatic heterocycles. The fraction of sp³-hybridized carbons (Fsp3) is 0.706. The number of amides is 4. The fourth-order valence-electron chi connectivity index (χ4n) is 2.19. The lowest BCUT2D eigenvalue weighted by Gasteiger charge is -2.25. The summed E-state index contributed by atoms with van der Waals surface area (Å²) in [5.41, 5.74) is 10.7. The normalized spacial score (nSPS) is 15.8. The van der Waals surface area contributed by atoms with E-state index in [0.29, 0.717) is 5.75 Å². The number of carbonyl (C=O) groups is 5. The summed E-state index contributed by atoms with van der Waals surface area (Å²) >= 11 is 1.42. The number of carbonyl (C=O) groups excluding carboxylic acids is 4. The largest absolute Gasteiger partial charge is 0.480 e. The Morgan fingerprint density at radius 1 is 0.933 bits per heavy atom. The summed E-state index contributed by atoms with van der Waals surface area (Å²) in [6.45, 7) is 2.57. The first-order chi connectivity index (χ1) is 13.9. The quantitative estimate of drug-likeness (QED) is 0.146. The summed E-state index contributed by atoms with van der Waals surface area (Å²) in [5.74, 6) is -3.76. The van der Waals surface area contributed by atoms with Crippen LogP contribution in [-0.4, -0.2) is 82.1 Å². The van der Waals surface area contributed by atoms with Gasteiger partial charge in [-0.1, -0.05) is 0 Å². The summed E-state index contributed by atoms with van der Waals surface area (Å²) in [6.07, 6.45) is 0.487. The number of aliphatic hydroxyl groups is 1. The van der Waals surface area contributed by atoms with Gasteiger partial charge in [-0.25, -0.2) is 0 Å². The highest BCUT2D eigenvalue weighted by molar-refractivity contribution is 7.98. The minimum atomic E-state index is -1.28. The van der Waals surface area contributed by atoms with E-state index >= 15 is 0 Å². The number of nitrogens with one attached hydrogen (secondary N) is 3. The topological polar surface area (TPSA) is 214 Å². The van der Waals surface area contributed by atoms with Gasteiger partial charge in [0.05, 0.1) is 6.10 Å². The Morgan fingerprint density at radius 2 is 1.43 bits per heavy atom. The van der Waals surface area contributed by atoms with Crippen LogP contribution in [-0.2, 0) is 24.0 Å². The van der Waals surface area contributed by atoms with Crippen molar-refractivity contribution in [2.75, 3.05) is 12.0 Å². The zero-order valence-electron chi connectivity index (χ0n) is 17.2. The number of nitrogens with two attached hydrogens (primary N) is 2. The molecule has 0 fully saturated rings. The summed E-state index contributed by atoms with van der Waals surface area (Å²) in [7, 11) is 0. The van der Waals surface area contributed by atoms with Crippen LogP contribution < -0.4 is 27.4 Å². The third-order valence-electron chi connectivity index (χ3n) is 4.11. The molecule has 0 saturated heterocycles. The number of rotatable bonds is 14. The minimum absolute atomic E-state index is 0.157. The maximum atomic E-state index is 12.7. The first kappa shape index (κ1) is 27.6. The molecule has 0 aliphatic carbocycles. The SMILES string of the molecule is CSCCC(NC(=O)C(N)C(C)O)C(=O)NC(CCC(N)=O)C(=O)NC(C)C(=O)O. The second-order valence-corrected chi connectivity index (χ2v) is 7.73. The molecule has 0 aliphatic heterocycles. The first-order valence-electron chi connectivity index (χ1n) is 9.25. The number of hydrogen-bond acceptors (Lipinski definition) is 8. The van der Waals surface area contributed by atoms with Crippen LogP contribution in [0, 0.1) is 0 Å². The van der Waals surface area contributed by atoms with Gasteiger partial charge in [0.1, 0.15) is 24.2 Å². The molecule has 0 radical (unpaired) electrons. The second kappa shape index (κ2) is 13.8. The molecular formula is C17H31N5O7S. The molecule has 0 heterocycles. The van der Waals surface area contributed by atoms with E-state index in [2.05, 4.69) is 16.0 Å². The van der Waals surface area contributed by atoms with Crippen molar-refractivity contribution in [3.63, 3.8) is 0 Å². The zero-order chi connectivity index (χ0) is 23.4. The van der Waals surface area contributed by atoms with Crippen LogP contribution in [0.2, 0.25) is 0 Å². The van der Waals surface area contributed by atoms with Crippen LogP contribution in [0.4, 0.5) is 0 Å². The molecule has 13 heteroatoms. The standard InChI is InChI=1S/C17H31N5O7S/c1-8(17(28)29)20-14(25)10(4-5-12(18)24)21-15(26)11(6-7-30-3)22-16(27)13(19)9(2)23/h8-11,13,23H,4-7,19H2,1-3H3,(H2,18,24)(H,20,25)(H,21,26)(H,22,27)(H,28,29). The first-order valence-corrected chi connectivity index (χ1v) is 10.6. The molecule has 4 amide bonds. The predicted octanol–water partition coefficient (Wildman–Crippen LogP) is -2.73. The lowest BCUT2D eigenvalue weighted by Crippen LogP contribution is -2.58. The van der Waals surface area contributed by atoms with E-state index in [4.69, 9.17) is 16.6 Å². The molecule has 0 aromatic carbocycles. The van der Waals surface area contributed by atoms with E-state index in [-0.39, 0.29) is 19.3 Å². The molecule has 30 heavy (non-hydrogen) atoms. The highest BCUT2D eigenvalue weighted by Gasteiger charge is 2.30. The number of primary amides is 1. The summed E-state index contributed by atoms with van der Waals surface area (Å²) < 4.78 is 0. The van der Waals surface area contributed by atoms with E-state index < -0.39 is 59.9 Å². The maximum absolute atomic E-state index is 12.7. The molecule has 172 valence electrons. The van der Waals surface area contributed by atoms with E-state index in [9.17, 15) is 29.1 Å². The molecule has 12 nitrogen and oxygen atoms in total. The monoisotopic (exact) mass is 449 g/mol. The lowest BCUT2D eigenvalue weighted by atomic mass is 10.1. The zero-order valence-corrected chi connectivity index (χ0v) is 18.0. The van der Waals surface area contributed by atoms with Gasteiger partial charge in [-0.05, 0) is 38.7 Å². The minimum Gasteiger partial charge on any atom is -0.480 e. The molecule has 5 atom stereocenters. The van der Waals surface area contributed by atoms with E-state index in [1.54, 1.807) is 6.26 Å². The summed E-state index contributed by atoms with van der Waals surface area (Å²) in [6, 6.07) is -4.78. The van der Waals surface area contributed by atoms with Crippen molar-refractivity contribution in [1.29, 1.82) is 0 Å². The molecule has 0 saturated carbocycles. The Kier molecular flexibility index (Phi) is 12.7. The van der Waals surface area contributed by atoms with Crippen molar-refractivity contribution < 1.29 is 34.2 Å². The fourth-order valence-corrected chi connectivity index (χ4v) is 2.67. The van der Waals surface area contributed by atoms with Gasteiger partial charge in [-0.3, -0.25) is 24.0 Å². The third-order valence-corrected chi connectivity index (χ3v) is 4.75. The van der Waals surface area contributed by atoms with Gasteiger partial charge < -0.3 is 37.6 Å². The molecule has 0 spiro atoms. The molecule has 0 bridgehead atoms. The van der Waals surface area contributed by atoms with Gasteiger partial charge >= 0.3 is 5.97 Å². The number of hydrogen-bond donors (Lipinski definition) is 7. The van der Waals surface area contributed by atoms with E-state index in [1.807, 2.05) is 0 Å². The van der Waals surface area contributed by atoms with Crippen LogP contribution in [0.1, 0.15) is 33.1 Å². The molecule has 0 aliphatic rings. The van der Waals surface area contributed by atoms with Crippen LogP contribution in [0.25, 0.3) is 0 Å². The summed E-state index contributed by atoms with van der Waals surface area (Å²) in [5, 5.41) is 25.5. The van der Waals surface area contributed by atoms with Crippen LogP contribution in [0.5, 0.6) is 0 Å². The molecule has 5 unspecified atom stereocenters. The number of aliphatic carboxylic acids is 1. The second-order valence-electron chi connectivity index (χ2n) is 6.74. The maximum Gasteiger partial charge on any atom is 0.325 e. The van der Waals surface area contributed by atoms with Crippen molar-refractivity contribution in [1.82, 2.24) is 16.0 Å². The van der Waals surface area contributed by atoms with Crippen LogP contribution >= 0.6 is 11.8 Å². The summed E-state index contributed by atoms with van der Waals surface area (Å²) in [4.78, 5) is 59.3. The molecular weight excluding hydrogens is 418 g/mol. The average molecular weight is 450 g/mol. The Bertz CT molecular complexity index is 632. The predicted molar refractivity (Wildman–Crippen MR) is 110 cm³/mol. The van der Waals surface area contributed by atoms with Gasteiger partial charge in [-0.15, -0.1) is 0 Å². The highest BCUT2D eigenvalue weighted by atomic mass is 32.2. The molecule has 0 rings (SSSR count). The van der Waals surface area contributed by atoms with Gasteiger partial charge in [0.15, 0.2) is 0 Å². The van der Waals surface area contributed by atoms with Crippen molar-refractivity contribution >= 4 is 41.4 Å². The number of carboxylic acids is 1. The van der Waals surface area contributed by atoms with Gasteiger partial charge in [-0.2, -0.15) is 11.8 Å². The van der Waals surface area contributed by atoms with Crippen LogP contribution in [0.15, 0.2) is 0 Å². The van der Waals surface area contributed by atoms with E-state index in [0.717, 1.165) is 0 Å². The van der Waals surface area contributed by atoms with Gasteiger partial charge in [0.2, 0.25) is 23.6 Å². The Morgan fingerprint density at radius 3 is 1.90 bits per heavy atom. The van der Waals surface area contributed by atoms with Crippen molar-refractivity contribution in [3.05, 3.63) is 0 Å². The Hall–Kier alpha value is -2.38. The number of carboxylic acid groups (broad SMARTS) is 1. The highest BCUT2D eigenvalue weighted by Crippen LogP contribution is 2.05. The lowest BCUT2D eigenvalue weighted by molar-refractivity contribution is -0.142. The van der Waals surface area contributed by atoms with E-state index in [1.165, 1.54) is 25.6 Å². The van der Waals surface area contributed by atoms with Crippen molar-refractivity contribution in [2.45, 2.75) is 63.4 Å². The van der Waals surface area contributed by atoms with Crippen molar-refractivity contribution in [3.8, 4) is 0 Å². The number of aliphatic hydroxyl groups excluding tert-OH is 1. The van der Waals surface area contributed by atoms with Crippen LogP contribution in [0.3, 0.4) is 0 Å². The molecule has 0 aromatic rings. The van der Waals surface area contributed by atoms with Gasteiger partial charge in [0, 0.05) is 6.42 Å². The molecule has 9 N–H and O–H groups in total.